The van der Waals surface area contributed by atoms with Crippen molar-refractivity contribution in [1.29, 1.82) is 0 Å². The molecule has 14 heavy (non-hydrogen) atoms. The Labute approximate surface area is 80.1 Å². The molecule has 0 aliphatic heterocycles. The maximum absolute atomic E-state index is 10.2. The molecule has 0 unspecified atom stereocenters. The Hall–Kier alpha value is -1.97. The summed E-state index contributed by atoms with van der Waals surface area (Å²) >= 11 is 0. The summed E-state index contributed by atoms with van der Waals surface area (Å²) in [4.78, 5) is 10.2. The van der Waals surface area contributed by atoms with Gasteiger partial charge in [-0.2, -0.15) is 0 Å². The molecule has 0 amide bonds. The van der Waals surface area contributed by atoms with E-state index in [9.17, 15) is 4.79 Å². The van der Waals surface area contributed by atoms with Crippen molar-refractivity contribution in [3.8, 4) is 0 Å². The van der Waals surface area contributed by atoms with Gasteiger partial charge in [0.1, 0.15) is 0 Å². The minimum absolute atomic E-state index is 0.503. The smallest absolute Gasteiger partial charge is 0.418 e. The van der Waals surface area contributed by atoms with Gasteiger partial charge in [-0.15, -0.1) is 0 Å². The summed E-state index contributed by atoms with van der Waals surface area (Å²) in [5, 5.41) is 0. The normalized spacial score (nSPS) is 10.4. The highest BCUT2D eigenvalue weighted by molar-refractivity contribution is 5.40. The molecule has 2 aromatic rings. The second kappa shape index (κ2) is 3.83. The lowest BCUT2D eigenvalue weighted by atomic mass is 10.2. The van der Waals surface area contributed by atoms with Crippen LogP contribution in [0.25, 0.3) is 0 Å². The van der Waals surface area contributed by atoms with E-state index in [1.54, 1.807) is 24.3 Å². The van der Waals surface area contributed by atoms with Gasteiger partial charge in [0.2, 0.25) is 6.10 Å². The van der Waals surface area contributed by atoms with Crippen LogP contribution < -0.4 is 0 Å². The SMILES string of the molecule is O=[C]OC(c1ccco1)c1ccco1. The molecule has 71 valence electrons. The number of rotatable bonds is 4. The van der Waals surface area contributed by atoms with E-state index in [-0.39, 0.29) is 0 Å². The second-order valence-electron chi connectivity index (χ2n) is 2.61. The van der Waals surface area contributed by atoms with Gasteiger partial charge >= 0.3 is 6.47 Å². The molecule has 0 saturated heterocycles. The molecular weight excluding hydrogens is 184 g/mol. The van der Waals surface area contributed by atoms with E-state index < -0.39 is 6.10 Å². The number of furan rings is 2. The maximum Gasteiger partial charge on any atom is 0.418 e. The molecular formula is C10H7O4. The molecule has 2 heterocycles. The van der Waals surface area contributed by atoms with Crippen molar-refractivity contribution in [3.63, 3.8) is 0 Å². The van der Waals surface area contributed by atoms with Crippen molar-refractivity contribution in [1.82, 2.24) is 0 Å². The van der Waals surface area contributed by atoms with Gasteiger partial charge in [0, 0.05) is 0 Å². The first kappa shape index (κ1) is 8.62. The van der Waals surface area contributed by atoms with Crippen LogP contribution in [0, 0.1) is 0 Å². The van der Waals surface area contributed by atoms with E-state index in [2.05, 4.69) is 0 Å². The molecule has 0 fully saturated rings. The Kier molecular flexibility index (Phi) is 2.36. The molecule has 0 aliphatic carbocycles. The van der Waals surface area contributed by atoms with Crippen molar-refractivity contribution in [3.05, 3.63) is 48.3 Å². The monoisotopic (exact) mass is 191 g/mol. The minimum atomic E-state index is -0.655. The highest BCUT2D eigenvalue weighted by Crippen LogP contribution is 2.25. The summed E-state index contributed by atoms with van der Waals surface area (Å²) < 4.78 is 15.0. The lowest BCUT2D eigenvalue weighted by Crippen LogP contribution is -2.02. The lowest BCUT2D eigenvalue weighted by molar-refractivity contribution is 0.164. The van der Waals surface area contributed by atoms with Crippen LogP contribution in [0.1, 0.15) is 17.6 Å². The van der Waals surface area contributed by atoms with Gasteiger partial charge in [-0.25, -0.2) is 4.79 Å². The summed E-state index contributed by atoms with van der Waals surface area (Å²) in [7, 11) is 0. The lowest BCUT2D eigenvalue weighted by Gasteiger charge is -2.07. The Morgan fingerprint density at radius 1 is 1.14 bits per heavy atom. The largest absolute Gasteiger partial charge is 0.465 e. The molecule has 1 radical (unpaired) electrons. The van der Waals surface area contributed by atoms with Crippen LogP contribution in [-0.2, 0) is 9.53 Å². The van der Waals surface area contributed by atoms with E-state index >= 15 is 0 Å². The van der Waals surface area contributed by atoms with Crippen LogP contribution in [0.2, 0.25) is 0 Å². The van der Waals surface area contributed by atoms with Crippen molar-refractivity contribution < 1.29 is 18.4 Å². The molecule has 2 aromatic heterocycles. The van der Waals surface area contributed by atoms with Gasteiger partial charge in [0.05, 0.1) is 12.5 Å². The van der Waals surface area contributed by atoms with E-state index in [1.807, 2.05) is 0 Å². The highest BCUT2D eigenvalue weighted by Gasteiger charge is 2.20. The Morgan fingerprint density at radius 2 is 1.71 bits per heavy atom. The van der Waals surface area contributed by atoms with Gasteiger partial charge in [0.25, 0.3) is 0 Å². The van der Waals surface area contributed by atoms with Crippen LogP contribution in [-0.4, -0.2) is 6.47 Å². The van der Waals surface area contributed by atoms with Crippen molar-refractivity contribution in [2.45, 2.75) is 6.10 Å². The Balaban J connectivity index is 2.29. The first-order chi connectivity index (χ1) is 6.92. The number of hydrogen-bond donors (Lipinski definition) is 0. The number of ether oxygens (including phenoxy) is 1. The van der Waals surface area contributed by atoms with Crippen LogP contribution >= 0.6 is 0 Å². The molecule has 2 rings (SSSR count). The third-order valence-corrected chi connectivity index (χ3v) is 1.77. The van der Waals surface area contributed by atoms with Gasteiger partial charge < -0.3 is 13.6 Å². The van der Waals surface area contributed by atoms with Crippen LogP contribution in [0.5, 0.6) is 0 Å². The van der Waals surface area contributed by atoms with E-state index in [0.717, 1.165) is 0 Å². The van der Waals surface area contributed by atoms with Crippen molar-refractivity contribution in [2.75, 3.05) is 0 Å². The van der Waals surface area contributed by atoms with Crippen LogP contribution in [0.4, 0.5) is 0 Å². The third-order valence-electron chi connectivity index (χ3n) is 1.77. The Morgan fingerprint density at radius 3 is 2.07 bits per heavy atom. The summed E-state index contributed by atoms with van der Waals surface area (Å²) in [6.45, 7) is 1.37. The molecule has 0 bridgehead atoms. The fraction of sp³-hybridized carbons (Fsp3) is 0.100. The predicted molar refractivity (Wildman–Crippen MR) is 46.0 cm³/mol. The van der Waals surface area contributed by atoms with Crippen molar-refractivity contribution in [2.24, 2.45) is 0 Å². The predicted octanol–water partition coefficient (Wildman–Crippen LogP) is 2.05. The summed E-state index contributed by atoms with van der Waals surface area (Å²) in [5.74, 6) is 1.01. The van der Waals surface area contributed by atoms with Gasteiger partial charge in [-0.3, -0.25) is 0 Å². The van der Waals surface area contributed by atoms with E-state index in [0.29, 0.717) is 11.5 Å². The number of carbonyl (C=O) groups excluding carboxylic acids is 1. The average molecular weight is 191 g/mol. The minimum Gasteiger partial charge on any atom is -0.465 e. The first-order valence-corrected chi connectivity index (χ1v) is 4.01. The van der Waals surface area contributed by atoms with Gasteiger partial charge in [-0.05, 0) is 24.3 Å². The fourth-order valence-corrected chi connectivity index (χ4v) is 1.19. The zero-order valence-electron chi connectivity index (χ0n) is 7.17. The number of hydrogen-bond acceptors (Lipinski definition) is 4. The van der Waals surface area contributed by atoms with E-state index in [1.165, 1.54) is 19.0 Å². The molecule has 0 atom stereocenters. The van der Waals surface area contributed by atoms with Crippen molar-refractivity contribution >= 4 is 6.47 Å². The molecule has 0 aliphatic rings. The third kappa shape index (κ3) is 1.54. The van der Waals surface area contributed by atoms with Crippen LogP contribution in [0.3, 0.4) is 0 Å². The standard InChI is InChI=1S/C10H7O4/c11-7-14-10(8-3-1-5-12-8)9-4-2-6-13-9/h1-6,10H. The molecule has 0 saturated carbocycles. The fourth-order valence-electron chi connectivity index (χ4n) is 1.19. The first-order valence-electron chi connectivity index (χ1n) is 4.01. The second-order valence-corrected chi connectivity index (χ2v) is 2.61. The molecule has 0 aromatic carbocycles. The molecule has 4 heteroatoms. The van der Waals surface area contributed by atoms with E-state index in [4.69, 9.17) is 13.6 Å². The highest BCUT2D eigenvalue weighted by atomic mass is 16.5. The average Bonchev–Trinajstić information content (AvgIpc) is 2.87. The van der Waals surface area contributed by atoms with Gasteiger partial charge in [0.15, 0.2) is 11.5 Å². The molecule has 0 N–H and O–H groups in total. The molecule has 0 spiro atoms. The summed E-state index contributed by atoms with van der Waals surface area (Å²) in [6, 6.07) is 6.81. The summed E-state index contributed by atoms with van der Waals surface area (Å²) in [5.41, 5.74) is 0. The maximum atomic E-state index is 10.2. The quantitative estimate of drug-likeness (QED) is 0.742. The topological polar surface area (TPSA) is 52.6 Å². The van der Waals surface area contributed by atoms with Gasteiger partial charge in [-0.1, -0.05) is 0 Å². The zero-order chi connectivity index (χ0) is 9.80. The zero-order valence-corrected chi connectivity index (χ0v) is 7.17. The molecule has 4 nitrogen and oxygen atoms in total. The van der Waals surface area contributed by atoms with Crippen LogP contribution in [0.15, 0.2) is 45.6 Å². The summed E-state index contributed by atoms with van der Waals surface area (Å²) in [6.07, 6.45) is 2.34. The Bertz CT molecular complexity index is 340.